The molecule has 6 heteroatoms. The van der Waals surface area contributed by atoms with Crippen LogP contribution in [-0.2, 0) is 11.3 Å². The van der Waals surface area contributed by atoms with Crippen LogP contribution in [0.3, 0.4) is 0 Å². The highest BCUT2D eigenvalue weighted by molar-refractivity contribution is 5.76. The Morgan fingerprint density at radius 3 is 2.56 bits per heavy atom. The Labute approximate surface area is 146 Å². The van der Waals surface area contributed by atoms with Crippen LogP contribution in [0.4, 0.5) is 0 Å². The van der Waals surface area contributed by atoms with Gasteiger partial charge in [-0.15, -0.1) is 0 Å². The van der Waals surface area contributed by atoms with Gasteiger partial charge in [-0.1, -0.05) is 29.8 Å². The predicted octanol–water partition coefficient (Wildman–Crippen LogP) is 2.30. The van der Waals surface area contributed by atoms with Gasteiger partial charge in [0.2, 0.25) is 5.91 Å². The zero-order valence-corrected chi connectivity index (χ0v) is 14.9. The summed E-state index contributed by atoms with van der Waals surface area (Å²) in [6.07, 6.45) is 1.63. The van der Waals surface area contributed by atoms with E-state index in [0.29, 0.717) is 0 Å². The number of nitrogens with zero attached hydrogens (tertiary/aromatic N) is 3. The van der Waals surface area contributed by atoms with Crippen LogP contribution in [0.25, 0.3) is 5.52 Å². The lowest BCUT2D eigenvalue weighted by atomic mass is 10.1. The molecule has 6 nitrogen and oxygen atoms in total. The van der Waals surface area contributed by atoms with Gasteiger partial charge in [0.05, 0.1) is 17.8 Å². The van der Waals surface area contributed by atoms with Gasteiger partial charge in [-0.2, -0.15) is 5.10 Å². The van der Waals surface area contributed by atoms with Gasteiger partial charge >= 0.3 is 5.69 Å². The van der Waals surface area contributed by atoms with E-state index in [1.165, 1.54) is 10.2 Å². The number of amides is 1. The average Bonchev–Trinajstić information content (AvgIpc) is 2.85. The van der Waals surface area contributed by atoms with Gasteiger partial charge in [0.15, 0.2) is 0 Å². The molecule has 1 atom stereocenters. The Morgan fingerprint density at radius 1 is 1.20 bits per heavy atom. The summed E-state index contributed by atoms with van der Waals surface area (Å²) in [5.41, 5.74) is 4.48. The molecule has 0 aliphatic carbocycles. The summed E-state index contributed by atoms with van der Waals surface area (Å²) in [4.78, 5) is 24.9. The number of carbonyl (C=O) groups is 1. The summed E-state index contributed by atoms with van der Waals surface area (Å²) in [6.45, 7) is 7.63. The number of carbonyl (C=O) groups excluding carboxylic acids is 1. The maximum Gasteiger partial charge on any atom is 0.349 e. The molecule has 1 amide bonds. The molecule has 1 N–H and O–H groups in total. The van der Waals surface area contributed by atoms with Crippen molar-refractivity contribution in [3.8, 4) is 0 Å². The van der Waals surface area contributed by atoms with Gasteiger partial charge in [0, 0.05) is 5.69 Å². The van der Waals surface area contributed by atoms with Crippen molar-refractivity contribution in [3.05, 3.63) is 69.4 Å². The Balaban J connectivity index is 1.78. The van der Waals surface area contributed by atoms with Crippen LogP contribution in [-0.4, -0.2) is 20.1 Å². The Bertz CT molecular complexity index is 983. The molecule has 0 bridgehead atoms. The first kappa shape index (κ1) is 17.0. The number of hydrogen-bond donors (Lipinski definition) is 1. The highest BCUT2D eigenvalue weighted by atomic mass is 16.2. The first-order chi connectivity index (χ1) is 11.9. The standard InChI is InChI=1S/C19H22N4O2/c1-12-5-7-16(8-6-12)15(4)21-18(24)11-22-19(25)23-14(3)9-13(2)17(23)10-20-22/h5-10,15H,11H2,1-4H3,(H,21,24)/t15-/m0/s1. The fourth-order valence-electron chi connectivity index (χ4n) is 2.99. The Morgan fingerprint density at radius 2 is 1.88 bits per heavy atom. The number of nitrogens with one attached hydrogen (secondary N) is 1. The lowest BCUT2D eigenvalue weighted by molar-refractivity contribution is -0.122. The third kappa shape index (κ3) is 3.33. The van der Waals surface area contributed by atoms with E-state index >= 15 is 0 Å². The molecule has 0 saturated carbocycles. The fraction of sp³-hybridized carbons (Fsp3) is 0.316. The van der Waals surface area contributed by atoms with E-state index in [1.807, 2.05) is 58.0 Å². The molecule has 3 aromatic rings. The normalized spacial score (nSPS) is 12.3. The van der Waals surface area contributed by atoms with Crippen molar-refractivity contribution in [1.29, 1.82) is 0 Å². The van der Waals surface area contributed by atoms with E-state index < -0.39 is 0 Å². The monoisotopic (exact) mass is 338 g/mol. The smallest absolute Gasteiger partial charge is 0.348 e. The SMILES string of the molecule is Cc1ccc([C@H](C)NC(=O)Cn2ncc3c(C)cc(C)n3c2=O)cc1. The highest BCUT2D eigenvalue weighted by Gasteiger charge is 2.14. The van der Waals surface area contributed by atoms with E-state index in [4.69, 9.17) is 0 Å². The minimum atomic E-state index is -0.304. The van der Waals surface area contributed by atoms with Crippen molar-refractivity contribution in [3.63, 3.8) is 0 Å². The van der Waals surface area contributed by atoms with Crippen LogP contribution < -0.4 is 11.0 Å². The van der Waals surface area contributed by atoms with Crippen LogP contribution in [0.2, 0.25) is 0 Å². The second-order valence-electron chi connectivity index (χ2n) is 6.47. The van der Waals surface area contributed by atoms with E-state index in [0.717, 1.165) is 22.3 Å². The molecule has 2 aromatic heterocycles. The van der Waals surface area contributed by atoms with Gasteiger partial charge < -0.3 is 5.32 Å². The summed E-state index contributed by atoms with van der Waals surface area (Å²) in [5.74, 6) is -0.247. The molecule has 130 valence electrons. The summed E-state index contributed by atoms with van der Waals surface area (Å²) in [5, 5.41) is 7.05. The molecule has 3 rings (SSSR count). The fourth-order valence-corrected chi connectivity index (χ4v) is 2.99. The Kier molecular flexibility index (Phi) is 4.44. The van der Waals surface area contributed by atoms with E-state index in [2.05, 4.69) is 10.4 Å². The van der Waals surface area contributed by atoms with E-state index in [9.17, 15) is 9.59 Å². The molecule has 0 aliphatic heterocycles. The maximum absolute atomic E-state index is 12.6. The minimum absolute atomic E-state index is 0.109. The number of rotatable bonds is 4. The first-order valence-electron chi connectivity index (χ1n) is 8.27. The van der Waals surface area contributed by atoms with Gasteiger partial charge in [-0.3, -0.25) is 9.20 Å². The second-order valence-corrected chi connectivity index (χ2v) is 6.47. The topological polar surface area (TPSA) is 68.4 Å². The number of fused-ring (bicyclic) bond motifs is 1. The van der Waals surface area contributed by atoms with Crippen LogP contribution in [0, 0.1) is 20.8 Å². The van der Waals surface area contributed by atoms with Crippen molar-refractivity contribution >= 4 is 11.4 Å². The molecule has 25 heavy (non-hydrogen) atoms. The van der Waals surface area contributed by atoms with Crippen LogP contribution in [0.5, 0.6) is 0 Å². The molecular weight excluding hydrogens is 316 g/mol. The molecule has 2 heterocycles. The zero-order valence-electron chi connectivity index (χ0n) is 14.9. The number of aromatic nitrogens is 3. The van der Waals surface area contributed by atoms with E-state index in [-0.39, 0.29) is 24.2 Å². The molecule has 0 radical (unpaired) electrons. The van der Waals surface area contributed by atoms with Crippen LogP contribution in [0.1, 0.15) is 35.3 Å². The number of aryl methyl sites for hydroxylation is 3. The molecular formula is C19H22N4O2. The molecule has 0 unspecified atom stereocenters. The lowest BCUT2D eigenvalue weighted by Crippen LogP contribution is -2.37. The van der Waals surface area contributed by atoms with Crippen molar-refractivity contribution < 1.29 is 4.79 Å². The van der Waals surface area contributed by atoms with Crippen molar-refractivity contribution in [2.75, 3.05) is 0 Å². The third-order valence-electron chi connectivity index (χ3n) is 4.40. The quantitative estimate of drug-likeness (QED) is 0.794. The van der Waals surface area contributed by atoms with Crippen molar-refractivity contribution in [2.24, 2.45) is 0 Å². The highest BCUT2D eigenvalue weighted by Crippen LogP contribution is 2.13. The summed E-state index contributed by atoms with van der Waals surface area (Å²) < 4.78 is 2.77. The van der Waals surface area contributed by atoms with Gasteiger partial charge in [-0.05, 0) is 44.9 Å². The van der Waals surface area contributed by atoms with Gasteiger partial charge in [-0.25, -0.2) is 9.48 Å². The van der Waals surface area contributed by atoms with Crippen LogP contribution in [0.15, 0.2) is 41.3 Å². The molecule has 1 aromatic carbocycles. The van der Waals surface area contributed by atoms with Crippen LogP contribution >= 0.6 is 0 Å². The van der Waals surface area contributed by atoms with Gasteiger partial charge in [0.25, 0.3) is 0 Å². The largest absolute Gasteiger partial charge is 0.349 e. The molecule has 0 saturated heterocycles. The minimum Gasteiger partial charge on any atom is -0.348 e. The predicted molar refractivity (Wildman–Crippen MR) is 96.7 cm³/mol. The molecule has 0 fully saturated rings. The van der Waals surface area contributed by atoms with Gasteiger partial charge in [0.1, 0.15) is 6.54 Å². The first-order valence-corrected chi connectivity index (χ1v) is 8.27. The average molecular weight is 338 g/mol. The third-order valence-corrected chi connectivity index (χ3v) is 4.40. The molecule has 0 spiro atoms. The maximum atomic E-state index is 12.6. The number of hydrogen-bond acceptors (Lipinski definition) is 3. The zero-order chi connectivity index (χ0) is 18.1. The van der Waals surface area contributed by atoms with Crippen molar-refractivity contribution in [2.45, 2.75) is 40.3 Å². The summed E-state index contributed by atoms with van der Waals surface area (Å²) in [6, 6.07) is 9.79. The Hall–Kier alpha value is -2.89. The lowest BCUT2D eigenvalue weighted by Gasteiger charge is -2.15. The summed E-state index contributed by atoms with van der Waals surface area (Å²) >= 11 is 0. The van der Waals surface area contributed by atoms with Crippen molar-refractivity contribution in [1.82, 2.24) is 19.5 Å². The number of benzene rings is 1. The second kappa shape index (κ2) is 6.55. The molecule has 0 aliphatic rings. The summed E-state index contributed by atoms with van der Waals surface area (Å²) in [7, 11) is 0. The van der Waals surface area contributed by atoms with E-state index in [1.54, 1.807) is 10.6 Å².